The average molecular weight is 175 g/mol. The van der Waals surface area contributed by atoms with E-state index in [-0.39, 0.29) is 6.61 Å². The zero-order chi connectivity index (χ0) is 9.72. The van der Waals surface area contributed by atoms with Crippen LogP contribution < -0.4 is 11.3 Å². The van der Waals surface area contributed by atoms with Gasteiger partial charge in [-0.3, -0.25) is 15.0 Å². The van der Waals surface area contributed by atoms with Crippen molar-refractivity contribution < 1.29 is 14.7 Å². The fourth-order valence-corrected chi connectivity index (χ4v) is 0.545. The molecule has 1 atom stereocenters. The molecule has 0 fully saturated rings. The fourth-order valence-electron chi connectivity index (χ4n) is 0.545. The molecule has 0 aliphatic heterocycles. The van der Waals surface area contributed by atoms with Gasteiger partial charge in [0.25, 0.3) is 0 Å². The lowest BCUT2D eigenvalue weighted by atomic mass is 10.3. The van der Waals surface area contributed by atoms with Gasteiger partial charge >= 0.3 is 11.8 Å². The van der Waals surface area contributed by atoms with Crippen molar-refractivity contribution in [1.29, 1.82) is 0 Å². The lowest BCUT2D eigenvalue weighted by Gasteiger charge is -2.21. The Labute approximate surface area is 70.3 Å². The molecule has 0 saturated heterocycles. The fraction of sp³-hybridized carbons (Fsp3) is 0.667. The number of hydrazine groups is 1. The van der Waals surface area contributed by atoms with Crippen LogP contribution >= 0.6 is 0 Å². The number of carbonyl (C=O) groups excluding carboxylic acids is 2. The molecule has 0 aromatic carbocycles. The highest BCUT2D eigenvalue weighted by Crippen LogP contribution is 1.94. The minimum absolute atomic E-state index is 0.194. The number of nitrogens with zero attached hydrogens (tertiary/aromatic N) is 1. The molecule has 0 rings (SSSR count). The zero-order valence-corrected chi connectivity index (χ0v) is 7.07. The standard InChI is InChI=1S/C6H13N3O3/c1-4(3-10)9(2)6(12)5(11)8-7/h4,10H,3,7H2,1-2H3,(H,8,11). The van der Waals surface area contributed by atoms with Crippen molar-refractivity contribution in [1.82, 2.24) is 10.3 Å². The van der Waals surface area contributed by atoms with Gasteiger partial charge in [0.15, 0.2) is 0 Å². The molecule has 0 saturated carbocycles. The van der Waals surface area contributed by atoms with Gasteiger partial charge < -0.3 is 10.0 Å². The predicted molar refractivity (Wildman–Crippen MR) is 41.6 cm³/mol. The van der Waals surface area contributed by atoms with Crippen molar-refractivity contribution in [2.75, 3.05) is 13.7 Å². The van der Waals surface area contributed by atoms with Crippen molar-refractivity contribution in [3.8, 4) is 0 Å². The molecule has 0 aliphatic rings. The molecule has 0 aromatic rings. The van der Waals surface area contributed by atoms with Crippen molar-refractivity contribution >= 4 is 11.8 Å². The first-order valence-corrected chi connectivity index (χ1v) is 3.43. The lowest BCUT2D eigenvalue weighted by molar-refractivity contribution is -0.146. The first-order chi connectivity index (χ1) is 5.54. The maximum absolute atomic E-state index is 11.0. The molecule has 2 amide bonds. The first kappa shape index (κ1) is 10.9. The van der Waals surface area contributed by atoms with E-state index in [1.54, 1.807) is 12.3 Å². The summed E-state index contributed by atoms with van der Waals surface area (Å²) in [6.07, 6.45) is 0. The van der Waals surface area contributed by atoms with Gasteiger partial charge in [0.1, 0.15) is 0 Å². The zero-order valence-electron chi connectivity index (χ0n) is 7.07. The van der Waals surface area contributed by atoms with E-state index in [1.807, 2.05) is 0 Å². The molecule has 70 valence electrons. The van der Waals surface area contributed by atoms with Gasteiger partial charge in [-0.05, 0) is 6.92 Å². The van der Waals surface area contributed by atoms with Crippen LogP contribution in [0.25, 0.3) is 0 Å². The van der Waals surface area contributed by atoms with Crippen LogP contribution in [0.3, 0.4) is 0 Å². The van der Waals surface area contributed by atoms with E-state index in [1.165, 1.54) is 7.05 Å². The van der Waals surface area contributed by atoms with Crippen LogP contribution in [-0.4, -0.2) is 41.5 Å². The number of rotatable bonds is 2. The number of nitrogens with two attached hydrogens (primary N) is 1. The summed E-state index contributed by atoms with van der Waals surface area (Å²) in [5, 5.41) is 8.65. The van der Waals surface area contributed by atoms with Crippen LogP contribution in [0.5, 0.6) is 0 Å². The number of nitrogens with one attached hydrogen (secondary N) is 1. The predicted octanol–water partition coefficient (Wildman–Crippen LogP) is -2.18. The van der Waals surface area contributed by atoms with Gasteiger partial charge in [-0.1, -0.05) is 0 Å². The molecule has 6 heteroatoms. The molecule has 4 N–H and O–H groups in total. The number of aliphatic hydroxyl groups is 1. The summed E-state index contributed by atoms with van der Waals surface area (Å²) in [7, 11) is 1.42. The van der Waals surface area contributed by atoms with Gasteiger partial charge in [-0.15, -0.1) is 0 Å². The Hall–Kier alpha value is -1.14. The largest absolute Gasteiger partial charge is 0.394 e. The number of hydrogen-bond acceptors (Lipinski definition) is 4. The molecule has 0 heterocycles. The molecule has 6 nitrogen and oxygen atoms in total. The molecule has 0 aromatic heterocycles. The van der Waals surface area contributed by atoms with E-state index >= 15 is 0 Å². The highest BCUT2D eigenvalue weighted by atomic mass is 16.3. The van der Waals surface area contributed by atoms with Crippen molar-refractivity contribution in [3.63, 3.8) is 0 Å². The Morgan fingerprint density at radius 3 is 2.50 bits per heavy atom. The summed E-state index contributed by atoms with van der Waals surface area (Å²) in [6, 6.07) is -0.394. The third kappa shape index (κ3) is 2.48. The van der Waals surface area contributed by atoms with Crippen LogP contribution in [0.2, 0.25) is 0 Å². The quantitative estimate of drug-likeness (QED) is 0.192. The molecule has 0 radical (unpaired) electrons. The third-order valence-corrected chi connectivity index (χ3v) is 1.57. The minimum atomic E-state index is -0.891. The normalized spacial score (nSPS) is 12.0. The highest BCUT2D eigenvalue weighted by Gasteiger charge is 2.20. The second kappa shape index (κ2) is 4.68. The lowest BCUT2D eigenvalue weighted by Crippen LogP contribution is -2.47. The average Bonchev–Trinajstić information content (AvgIpc) is 2.12. The maximum atomic E-state index is 11.0. The second-order valence-corrected chi connectivity index (χ2v) is 2.42. The monoisotopic (exact) mass is 175 g/mol. The van der Waals surface area contributed by atoms with E-state index < -0.39 is 17.9 Å². The molecule has 0 spiro atoms. The van der Waals surface area contributed by atoms with Crippen molar-refractivity contribution in [2.45, 2.75) is 13.0 Å². The van der Waals surface area contributed by atoms with Crippen LogP contribution in [0.1, 0.15) is 6.92 Å². The summed E-state index contributed by atoms with van der Waals surface area (Å²) >= 11 is 0. The molecular formula is C6H13N3O3. The summed E-state index contributed by atoms with van der Waals surface area (Å²) < 4.78 is 0. The van der Waals surface area contributed by atoms with Crippen molar-refractivity contribution in [3.05, 3.63) is 0 Å². The second-order valence-electron chi connectivity index (χ2n) is 2.42. The maximum Gasteiger partial charge on any atom is 0.323 e. The van der Waals surface area contributed by atoms with Gasteiger partial charge in [0.2, 0.25) is 0 Å². The Balaban J connectivity index is 4.19. The molecule has 12 heavy (non-hydrogen) atoms. The highest BCUT2D eigenvalue weighted by molar-refractivity contribution is 6.34. The van der Waals surface area contributed by atoms with Gasteiger partial charge in [0.05, 0.1) is 12.6 Å². The molecule has 0 aliphatic carbocycles. The van der Waals surface area contributed by atoms with E-state index in [0.717, 1.165) is 4.90 Å². The Bertz CT molecular complexity index is 183. The third-order valence-electron chi connectivity index (χ3n) is 1.57. The van der Waals surface area contributed by atoms with Gasteiger partial charge in [-0.25, -0.2) is 5.84 Å². The number of amides is 2. The topological polar surface area (TPSA) is 95.7 Å². The number of likely N-dealkylation sites (N-methyl/N-ethyl adjacent to an activating group) is 1. The van der Waals surface area contributed by atoms with Crippen LogP contribution in [-0.2, 0) is 9.59 Å². The summed E-state index contributed by atoms with van der Waals surface area (Å²) in [6.45, 7) is 1.42. The summed E-state index contributed by atoms with van der Waals surface area (Å²) in [5.41, 5.74) is 1.71. The van der Waals surface area contributed by atoms with Crippen LogP contribution in [0, 0.1) is 0 Å². The van der Waals surface area contributed by atoms with E-state index in [2.05, 4.69) is 0 Å². The van der Waals surface area contributed by atoms with E-state index in [9.17, 15) is 9.59 Å². The number of carbonyl (C=O) groups is 2. The summed E-state index contributed by atoms with van der Waals surface area (Å²) in [5.74, 6) is 3.09. The Morgan fingerprint density at radius 2 is 2.17 bits per heavy atom. The first-order valence-electron chi connectivity index (χ1n) is 3.43. The Kier molecular flexibility index (Phi) is 4.24. The van der Waals surface area contributed by atoms with Crippen LogP contribution in [0.4, 0.5) is 0 Å². The smallest absolute Gasteiger partial charge is 0.323 e. The SMILES string of the molecule is CC(CO)N(C)C(=O)C(=O)NN. The van der Waals surface area contributed by atoms with Crippen LogP contribution in [0.15, 0.2) is 0 Å². The summed E-state index contributed by atoms with van der Waals surface area (Å²) in [4.78, 5) is 22.8. The number of aliphatic hydroxyl groups excluding tert-OH is 1. The molecular weight excluding hydrogens is 162 g/mol. The van der Waals surface area contributed by atoms with Gasteiger partial charge in [-0.2, -0.15) is 0 Å². The van der Waals surface area contributed by atoms with Crippen molar-refractivity contribution in [2.24, 2.45) is 5.84 Å². The van der Waals surface area contributed by atoms with E-state index in [4.69, 9.17) is 10.9 Å². The number of hydrogen-bond donors (Lipinski definition) is 3. The molecule has 0 bridgehead atoms. The van der Waals surface area contributed by atoms with E-state index in [0.29, 0.717) is 0 Å². The van der Waals surface area contributed by atoms with Gasteiger partial charge in [0, 0.05) is 7.05 Å². The minimum Gasteiger partial charge on any atom is -0.394 e. The molecule has 1 unspecified atom stereocenters. The Morgan fingerprint density at radius 1 is 1.67 bits per heavy atom.